The molecular weight excluding hydrogens is 324 g/mol. The SMILES string of the molecule is CN(CCC(N)=O)c1cc(NCCC(=O)O)nc(-c2ccccn2)n1. The monoisotopic (exact) mass is 344 g/mol. The molecule has 0 radical (unpaired) electrons. The van der Waals surface area contributed by atoms with E-state index in [1.54, 1.807) is 36.3 Å². The van der Waals surface area contributed by atoms with Crippen molar-refractivity contribution in [2.45, 2.75) is 12.8 Å². The molecule has 0 unspecified atom stereocenters. The van der Waals surface area contributed by atoms with E-state index in [1.165, 1.54) is 0 Å². The van der Waals surface area contributed by atoms with Crippen molar-refractivity contribution in [3.8, 4) is 11.5 Å². The summed E-state index contributed by atoms with van der Waals surface area (Å²) in [7, 11) is 1.79. The fourth-order valence-electron chi connectivity index (χ4n) is 2.02. The van der Waals surface area contributed by atoms with Gasteiger partial charge in [-0.05, 0) is 12.1 Å². The second-order valence-electron chi connectivity index (χ2n) is 5.36. The number of aromatic nitrogens is 3. The lowest BCUT2D eigenvalue weighted by Crippen LogP contribution is -2.25. The number of primary amides is 1. The Morgan fingerprint density at radius 1 is 1.28 bits per heavy atom. The fraction of sp³-hybridized carbons (Fsp3) is 0.312. The lowest BCUT2D eigenvalue weighted by molar-refractivity contribution is -0.136. The number of carbonyl (C=O) groups is 2. The molecule has 0 saturated heterocycles. The van der Waals surface area contributed by atoms with Crippen LogP contribution < -0.4 is 16.0 Å². The molecule has 0 bridgehead atoms. The van der Waals surface area contributed by atoms with Crippen LogP contribution in [0.15, 0.2) is 30.5 Å². The molecule has 0 aliphatic rings. The highest BCUT2D eigenvalue weighted by atomic mass is 16.4. The van der Waals surface area contributed by atoms with Crippen LogP contribution in [0.5, 0.6) is 0 Å². The minimum atomic E-state index is -0.898. The van der Waals surface area contributed by atoms with Crippen molar-refractivity contribution in [1.82, 2.24) is 15.0 Å². The van der Waals surface area contributed by atoms with Crippen molar-refractivity contribution in [2.75, 3.05) is 30.4 Å². The zero-order valence-electron chi connectivity index (χ0n) is 13.8. The van der Waals surface area contributed by atoms with Crippen molar-refractivity contribution in [2.24, 2.45) is 5.73 Å². The summed E-state index contributed by atoms with van der Waals surface area (Å²) in [6.45, 7) is 0.640. The van der Waals surface area contributed by atoms with Gasteiger partial charge in [-0.3, -0.25) is 14.6 Å². The topological polar surface area (TPSA) is 134 Å². The number of hydrogen-bond acceptors (Lipinski definition) is 7. The van der Waals surface area contributed by atoms with Crippen LogP contribution in [-0.4, -0.2) is 52.1 Å². The fourth-order valence-corrected chi connectivity index (χ4v) is 2.02. The Bertz CT molecular complexity index is 738. The number of pyridine rings is 1. The number of nitrogens with zero attached hydrogens (tertiary/aromatic N) is 4. The summed E-state index contributed by atoms with van der Waals surface area (Å²) < 4.78 is 0. The van der Waals surface area contributed by atoms with Crippen LogP contribution in [-0.2, 0) is 9.59 Å². The molecule has 0 atom stereocenters. The molecule has 2 aromatic heterocycles. The number of nitrogens with two attached hydrogens (primary N) is 1. The number of nitrogens with one attached hydrogen (secondary N) is 1. The lowest BCUT2D eigenvalue weighted by atomic mass is 10.3. The van der Waals surface area contributed by atoms with Crippen molar-refractivity contribution < 1.29 is 14.7 Å². The van der Waals surface area contributed by atoms with Gasteiger partial charge >= 0.3 is 5.97 Å². The minimum absolute atomic E-state index is 0.0320. The van der Waals surface area contributed by atoms with Crippen LogP contribution in [0, 0.1) is 0 Å². The van der Waals surface area contributed by atoms with Gasteiger partial charge in [-0.1, -0.05) is 6.07 Å². The third-order valence-corrected chi connectivity index (χ3v) is 3.34. The Kier molecular flexibility index (Phi) is 6.21. The highest BCUT2D eigenvalue weighted by Gasteiger charge is 2.12. The molecule has 1 amide bonds. The minimum Gasteiger partial charge on any atom is -0.481 e. The largest absolute Gasteiger partial charge is 0.481 e. The maximum atomic E-state index is 11.0. The lowest BCUT2D eigenvalue weighted by Gasteiger charge is -2.19. The van der Waals surface area contributed by atoms with Gasteiger partial charge in [-0.25, -0.2) is 9.97 Å². The molecule has 4 N–H and O–H groups in total. The standard InChI is InChI=1S/C16H20N6O3/c1-22(9-6-12(17)23)14-10-13(19-8-5-15(24)25)20-16(21-14)11-4-2-3-7-18-11/h2-4,7,10H,5-6,8-9H2,1H3,(H2,17,23)(H,24,25)(H,19,20,21). The number of carbonyl (C=O) groups excluding carboxylic acids is 1. The maximum absolute atomic E-state index is 11.0. The number of carboxylic acids is 1. The Hall–Kier alpha value is -3.23. The number of amides is 1. The highest BCUT2D eigenvalue weighted by Crippen LogP contribution is 2.20. The van der Waals surface area contributed by atoms with Gasteiger partial charge in [0.15, 0.2) is 5.82 Å². The zero-order chi connectivity index (χ0) is 18.2. The molecule has 132 valence electrons. The van der Waals surface area contributed by atoms with E-state index in [-0.39, 0.29) is 19.4 Å². The van der Waals surface area contributed by atoms with Gasteiger partial charge < -0.3 is 21.1 Å². The van der Waals surface area contributed by atoms with E-state index >= 15 is 0 Å². The van der Waals surface area contributed by atoms with Gasteiger partial charge in [0, 0.05) is 38.8 Å². The first-order valence-electron chi connectivity index (χ1n) is 7.71. The number of rotatable bonds is 9. The Balaban J connectivity index is 2.27. The molecule has 0 fully saturated rings. The summed E-state index contributed by atoms with van der Waals surface area (Å²) in [5, 5.41) is 11.7. The summed E-state index contributed by atoms with van der Waals surface area (Å²) in [4.78, 5) is 36.5. The normalized spacial score (nSPS) is 10.3. The van der Waals surface area contributed by atoms with E-state index in [0.717, 1.165) is 0 Å². The number of hydrogen-bond donors (Lipinski definition) is 3. The first-order valence-corrected chi connectivity index (χ1v) is 7.71. The number of carboxylic acid groups (broad SMARTS) is 1. The van der Waals surface area contributed by atoms with Crippen LogP contribution >= 0.6 is 0 Å². The predicted octanol–water partition coefficient (Wildman–Crippen LogP) is 0.737. The summed E-state index contributed by atoms with van der Waals surface area (Å²) in [5.74, 6) is 0.172. The maximum Gasteiger partial charge on any atom is 0.305 e. The second-order valence-corrected chi connectivity index (χ2v) is 5.36. The molecule has 0 aliphatic carbocycles. The predicted molar refractivity (Wildman–Crippen MR) is 93.1 cm³/mol. The molecule has 2 aromatic rings. The number of anilines is 2. The molecule has 2 rings (SSSR count). The molecule has 0 aliphatic heterocycles. The van der Waals surface area contributed by atoms with E-state index in [2.05, 4.69) is 20.3 Å². The van der Waals surface area contributed by atoms with Gasteiger partial charge in [0.25, 0.3) is 0 Å². The summed E-state index contributed by atoms with van der Waals surface area (Å²) in [6.07, 6.45) is 1.80. The third kappa shape index (κ3) is 5.72. The molecule has 25 heavy (non-hydrogen) atoms. The van der Waals surface area contributed by atoms with E-state index in [4.69, 9.17) is 10.8 Å². The van der Waals surface area contributed by atoms with Gasteiger partial charge in [0.05, 0.1) is 6.42 Å². The van der Waals surface area contributed by atoms with Crippen LogP contribution in [0.1, 0.15) is 12.8 Å². The van der Waals surface area contributed by atoms with Gasteiger partial charge in [-0.2, -0.15) is 0 Å². The average Bonchev–Trinajstić information content (AvgIpc) is 2.60. The van der Waals surface area contributed by atoms with Crippen molar-refractivity contribution in [1.29, 1.82) is 0 Å². The average molecular weight is 344 g/mol. The van der Waals surface area contributed by atoms with Gasteiger partial charge in [0.2, 0.25) is 5.91 Å². The van der Waals surface area contributed by atoms with Gasteiger partial charge in [0.1, 0.15) is 17.3 Å². The molecule has 9 heteroatoms. The van der Waals surface area contributed by atoms with Crippen LogP contribution in [0.3, 0.4) is 0 Å². The first-order chi connectivity index (χ1) is 12.0. The second kappa shape index (κ2) is 8.57. The van der Waals surface area contributed by atoms with E-state index in [1.807, 2.05) is 6.07 Å². The van der Waals surface area contributed by atoms with Crippen molar-refractivity contribution in [3.63, 3.8) is 0 Å². The summed E-state index contributed by atoms with van der Waals surface area (Å²) >= 11 is 0. The molecule has 9 nitrogen and oxygen atoms in total. The molecule has 0 spiro atoms. The molecule has 0 aromatic carbocycles. The Morgan fingerprint density at radius 3 is 2.72 bits per heavy atom. The molecule has 2 heterocycles. The van der Waals surface area contributed by atoms with Crippen LogP contribution in [0.25, 0.3) is 11.5 Å². The Morgan fingerprint density at radius 2 is 2.08 bits per heavy atom. The van der Waals surface area contributed by atoms with Gasteiger partial charge in [-0.15, -0.1) is 0 Å². The zero-order valence-corrected chi connectivity index (χ0v) is 13.8. The van der Waals surface area contributed by atoms with E-state index < -0.39 is 11.9 Å². The summed E-state index contributed by atoms with van der Waals surface area (Å²) in [5.41, 5.74) is 5.78. The smallest absolute Gasteiger partial charge is 0.305 e. The summed E-state index contributed by atoms with van der Waals surface area (Å²) in [6, 6.07) is 7.09. The number of aliphatic carboxylic acids is 1. The quantitative estimate of drug-likeness (QED) is 0.606. The van der Waals surface area contributed by atoms with Crippen molar-refractivity contribution >= 4 is 23.5 Å². The van der Waals surface area contributed by atoms with Crippen molar-refractivity contribution in [3.05, 3.63) is 30.5 Å². The first kappa shape index (κ1) is 18.1. The van der Waals surface area contributed by atoms with E-state index in [0.29, 0.717) is 29.7 Å². The molecular formula is C16H20N6O3. The molecule has 0 saturated carbocycles. The third-order valence-electron chi connectivity index (χ3n) is 3.34. The highest BCUT2D eigenvalue weighted by molar-refractivity contribution is 5.74. The van der Waals surface area contributed by atoms with Crippen LogP contribution in [0.2, 0.25) is 0 Å². The van der Waals surface area contributed by atoms with E-state index in [9.17, 15) is 9.59 Å². The Labute approximate surface area is 144 Å². The van der Waals surface area contributed by atoms with Crippen LogP contribution in [0.4, 0.5) is 11.6 Å².